The molecule has 0 aliphatic heterocycles. The molecular weight excluding hydrogens is 492 g/mol. The van der Waals surface area contributed by atoms with Crippen molar-refractivity contribution in [1.29, 1.82) is 0 Å². The van der Waals surface area contributed by atoms with Gasteiger partial charge in [0.2, 0.25) is 5.91 Å². The number of anilines is 2. The van der Waals surface area contributed by atoms with Crippen LogP contribution in [0.4, 0.5) is 11.4 Å². The van der Waals surface area contributed by atoms with E-state index in [-0.39, 0.29) is 23.5 Å². The molecule has 2 N–H and O–H groups in total. The second-order valence-electron chi connectivity index (χ2n) is 7.96. The fraction of sp³-hybridized carbons (Fsp3) is 0.250. The smallest absolute Gasteiger partial charge is 0.338 e. The molecule has 3 aromatic carbocycles. The molecule has 0 aromatic heterocycles. The fourth-order valence-electron chi connectivity index (χ4n) is 3.27. The Balaban J connectivity index is 1.52. The Morgan fingerprint density at radius 2 is 1.54 bits per heavy atom. The van der Waals surface area contributed by atoms with Crippen molar-refractivity contribution in [2.45, 2.75) is 24.7 Å². The highest BCUT2D eigenvalue weighted by Gasteiger charge is 2.12. The molecule has 0 bridgehead atoms. The van der Waals surface area contributed by atoms with Crippen LogP contribution >= 0.6 is 11.8 Å². The molecule has 0 saturated heterocycles. The van der Waals surface area contributed by atoms with E-state index in [4.69, 9.17) is 14.2 Å². The number of carbonyl (C=O) groups excluding carboxylic acids is 3. The van der Waals surface area contributed by atoms with Gasteiger partial charge < -0.3 is 24.8 Å². The van der Waals surface area contributed by atoms with Gasteiger partial charge in [0.1, 0.15) is 0 Å². The zero-order valence-electron chi connectivity index (χ0n) is 21.0. The third-order valence-electron chi connectivity index (χ3n) is 5.24. The first-order valence-corrected chi connectivity index (χ1v) is 12.7. The Hall–Kier alpha value is -3.98. The summed E-state index contributed by atoms with van der Waals surface area (Å²) in [4.78, 5) is 37.9. The summed E-state index contributed by atoms with van der Waals surface area (Å²) in [6, 6.07) is 18.8. The van der Waals surface area contributed by atoms with E-state index in [1.54, 1.807) is 54.6 Å². The number of benzene rings is 3. The zero-order valence-corrected chi connectivity index (χ0v) is 21.9. The number of methoxy groups -OCH3 is 2. The molecule has 0 spiro atoms. The molecule has 2 amide bonds. The van der Waals surface area contributed by atoms with E-state index in [1.807, 2.05) is 19.1 Å². The molecule has 0 radical (unpaired) electrons. The number of ether oxygens (including phenoxy) is 3. The molecule has 0 aliphatic rings. The third kappa shape index (κ3) is 8.28. The van der Waals surface area contributed by atoms with Gasteiger partial charge in [-0.2, -0.15) is 0 Å². The topological polar surface area (TPSA) is 103 Å². The van der Waals surface area contributed by atoms with Gasteiger partial charge in [-0.1, -0.05) is 19.4 Å². The first kappa shape index (κ1) is 27.6. The van der Waals surface area contributed by atoms with E-state index in [0.29, 0.717) is 40.6 Å². The number of esters is 1. The molecule has 37 heavy (non-hydrogen) atoms. The predicted molar refractivity (Wildman–Crippen MR) is 145 cm³/mol. The SMILES string of the molecule is CCCCOC(=O)c1ccc(NC(=O)CSc2cccc(NC(=O)c3ccc(OC)c(OC)c3)c2)cc1. The molecule has 0 fully saturated rings. The van der Waals surface area contributed by atoms with Crippen LogP contribution in [-0.2, 0) is 9.53 Å². The van der Waals surface area contributed by atoms with Crippen LogP contribution in [0.15, 0.2) is 71.6 Å². The lowest BCUT2D eigenvalue weighted by molar-refractivity contribution is -0.113. The quantitative estimate of drug-likeness (QED) is 0.180. The van der Waals surface area contributed by atoms with Crippen molar-refractivity contribution >= 4 is 40.9 Å². The Labute approximate surface area is 220 Å². The van der Waals surface area contributed by atoms with E-state index >= 15 is 0 Å². The van der Waals surface area contributed by atoms with Crippen molar-refractivity contribution in [3.05, 3.63) is 77.9 Å². The average molecular weight is 523 g/mol. The van der Waals surface area contributed by atoms with Gasteiger partial charge in [-0.3, -0.25) is 9.59 Å². The molecule has 8 nitrogen and oxygen atoms in total. The number of carbonyl (C=O) groups is 3. The normalized spacial score (nSPS) is 10.4. The van der Waals surface area contributed by atoms with Crippen LogP contribution in [-0.4, -0.2) is 44.4 Å². The molecular formula is C28H30N2O6S. The lowest BCUT2D eigenvalue weighted by atomic mass is 10.2. The van der Waals surface area contributed by atoms with Crippen LogP contribution in [0, 0.1) is 0 Å². The summed E-state index contributed by atoms with van der Waals surface area (Å²) in [7, 11) is 3.04. The maximum atomic E-state index is 12.7. The monoisotopic (exact) mass is 522 g/mol. The van der Waals surface area contributed by atoms with Gasteiger partial charge in [-0.15, -0.1) is 11.8 Å². The van der Waals surface area contributed by atoms with Crippen molar-refractivity contribution < 1.29 is 28.6 Å². The van der Waals surface area contributed by atoms with E-state index in [2.05, 4.69) is 10.6 Å². The summed E-state index contributed by atoms with van der Waals surface area (Å²) >= 11 is 1.34. The number of unbranched alkanes of at least 4 members (excludes halogenated alkanes) is 1. The molecule has 3 aromatic rings. The summed E-state index contributed by atoms with van der Waals surface area (Å²) in [6.45, 7) is 2.42. The lowest BCUT2D eigenvalue weighted by Crippen LogP contribution is -2.14. The van der Waals surface area contributed by atoms with Crippen LogP contribution in [0.25, 0.3) is 0 Å². The number of amides is 2. The van der Waals surface area contributed by atoms with Gasteiger partial charge in [0.25, 0.3) is 5.91 Å². The largest absolute Gasteiger partial charge is 0.493 e. The maximum Gasteiger partial charge on any atom is 0.338 e. The molecule has 194 valence electrons. The number of nitrogens with one attached hydrogen (secondary N) is 2. The van der Waals surface area contributed by atoms with Gasteiger partial charge >= 0.3 is 5.97 Å². The van der Waals surface area contributed by atoms with E-state index in [9.17, 15) is 14.4 Å². The summed E-state index contributed by atoms with van der Waals surface area (Å²) < 4.78 is 15.7. The molecule has 0 atom stereocenters. The lowest BCUT2D eigenvalue weighted by Gasteiger charge is -2.11. The molecule has 9 heteroatoms. The highest BCUT2D eigenvalue weighted by molar-refractivity contribution is 8.00. The first-order valence-electron chi connectivity index (χ1n) is 11.8. The second-order valence-corrected chi connectivity index (χ2v) is 9.00. The van der Waals surface area contributed by atoms with Crippen molar-refractivity contribution in [2.24, 2.45) is 0 Å². The Kier molecular flexibility index (Phi) is 10.4. The molecule has 0 saturated carbocycles. The summed E-state index contributed by atoms with van der Waals surface area (Å²) in [5.41, 5.74) is 2.06. The minimum Gasteiger partial charge on any atom is -0.493 e. The standard InChI is InChI=1S/C28H30N2O6S/c1-4-5-15-36-28(33)19-9-12-21(13-10-19)29-26(31)18-37-23-8-6-7-22(17-23)30-27(32)20-11-14-24(34-2)25(16-20)35-3/h6-14,16-17H,4-5,15,18H2,1-3H3,(H,29,31)(H,30,32). The van der Waals surface area contributed by atoms with Crippen molar-refractivity contribution in [2.75, 3.05) is 37.2 Å². The second kappa shape index (κ2) is 13.9. The van der Waals surface area contributed by atoms with Gasteiger partial charge in [0.15, 0.2) is 11.5 Å². The number of hydrogen-bond donors (Lipinski definition) is 2. The van der Waals surface area contributed by atoms with Gasteiger partial charge in [0, 0.05) is 21.8 Å². The number of hydrogen-bond acceptors (Lipinski definition) is 7. The van der Waals surface area contributed by atoms with Gasteiger partial charge in [0.05, 0.1) is 32.1 Å². The minimum absolute atomic E-state index is 0.174. The van der Waals surface area contributed by atoms with E-state index in [0.717, 1.165) is 17.7 Å². The molecule has 0 heterocycles. The van der Waals surface area contributed by atoms with Gasteiger partial charge in [-0.25, -0.2) is 4.79 Å². The minimum atomic E-state index is -0.375. The average Bonchev–Trinajstić information content (AvgIpc) is 2.92. The van der Waals surface area contributed by atoms with Crippen molar-refractivity contribution in [3.63, 3.8) is 0 Å². The fourth-order valence-corrected chi connectivity index (χ4v) is 4.03. The van der Waals surface area contributed by atoms with Crippen molar-refractivity contribution in [3.8, 4) is 11.5 Å². The molecule has 0 unspecified atom stereocenters. The Bertz CT molecular complexity index is 1230. The number of thioether (sulfide) groups is 1. The highest BCUT2D eigenvalue weighted by Crippen LogP contribution is 2.28. The Morgan fingerprint density at radius 1 is 0.811 bits per heavy atom. The first-order chi connectivity index (χ1) is 17.9. The summed E-state index contributed by atoms with van der Waals surface area (Å²) in [6.07, 6.45) is 1.78. The summed E-state index contributed by atoms with van der Waals surface area (Å²) in [5.74, 6) is 0.318. The predicted octanol–water partition coefficient (Wildman–Crippen LogP) is 5.64. The van der Waals surface area contributed by atoms with Crippen LogP contribution in [0.2, 0.25) is 0 Å². The molecule has 0 aliphatic carbocycles. The Morgan fingerprint density at radius 3 is 2.24 bits per heavy atom. The van der Waals surface area contributed by atoms with Crippen LogP contribution < -0.4 is 20.1 Å². The summed E-state index contributed by atoms with van der Waals surface area (Å²) in [5, 5.41) is 5.67. The van der Waals surface area contributed by atoms with Crippen LogP contribution in [0.1, 0.15) is 40.5 Å². The molecule has 3 rings (SSSR count). The van der Waals surface area contributed by atoms with Crippen molar-refractivity contribution in [1.82, 2.24) is 0 Å². The third-order valence-corrected chi connectivity index (χ3v) is 6.24. The van der Waals surface area contributed by atoms with Crippen LogP contribution in [0.3, 0.4) is 0 Å². The highest BCUT2D eigenvalue weighted by atomic mass is 32.2. The van der Waals surface area contributed by atoms with E-state index in [1.165, 1.54) is 26.0 Å². The van der Waals surface area contributed by atoms with E-state index < -0.39 is 0 Å². The van der Waals surface area contributed by atoms with Crippen LogP contribution in [0.5, 0.6) is 11.5 Å². The van der Waals surface area contributed by atoms with Gasteiger partial charge in [-0.05, 0) is 67.1 Å². The maximum absolute atomic E-state index is 12.7. The zero-order chi connectivity index (χ0) is 26.6. The number of rotatable bonds is 12.